The van der Waals surface area contributed by atoms with Gasteiger partial charge >= 0.3 is 0 Å². The molecule has 2 heterocycles. The van der Waals surface area contributed by atoms with Gasteiger partial charge in [-0.25, -0.2) is 13.8 Å². The normalized spacial score (nSPS) is 10.9. The number of thiazole rings is 1. The zero-order chi connectivity index (χ0) is 14.1. The van der Waals surface area contributed by atoms with E-state index in [2.05, 4.69) is 15.3 Å². The van der Waals surface area contributed by atoms with Crippen LogP contribution in [0.5, 0.6) is 0 Å². The Morgan fingerprint density at radius 1 is 1.25 bits per heavy atom. The minimum atomic E-state index is -0.933. The highest BCUT2D eigenvalue weighted by atomic mass is 32.1. The molecule has 20 heavy (non-hydrogen) atoms. The van der Waals surface area contributed by atoms with Crippen molar-refractivity contribution in [2.45, 2.75) is 6.54 Å². The molecule has 0 amide bonds. The molecule has 0 aliphatic rings. The van der Waals surface area contributed by atoms with Crippen LogP contribution in [-0.2, 0) is 6.54 Å². The maximum atomic E-state index is 13.4. The summed E-state index contributed by atoms with van der Waals surface area (Å²) in [5, 5.41) is 10.3. The molecule has 8 heteroatoms. The van der Waals surface area contributed by atoms with E-state index in [0.717, 1.165) is 12.1 Å². The molecule has 0 unspecified atom stereocenters. The van der Waals surface area contributed by atoms with Crippen LogP contribution < -0.4 is 5.73 Å². The van der Waals surface area contributed by atoms with Gasteiger partial charge in [-0.3, -0.25) is 0 Å². The molecule has 102 valence electrons. The molecule has 2 aromatic heterocycles. The highest BCUT2D eigenvalue weighted by molar-refractivity contribution is 7.12. The number of benzene rings is 1. The summed E-state index contributed by atoms with van der Waals surface area (Å²) in [5.41, 5.74) is 7.08. The fraction of sp³-hybridized carbons (Fsp3) is 0.0833. The largest absolute Gasteiger partial charge is 0.325 e. The number of rotatable bonds is 3. The SMILES string of the molecule is NCc1nnn(-c2nccs2)c1-c1ccc(F)c(F)c1. The van der Waals surface area contributed by atoms with Crippen molar-refractivity contribution in [1.82, 2.24) is 20.0 Å². The van der Waals surface area contributed by atoms with Crippen LogP contribution in [0, 0.1) is 11.6 Å². The van der Waals surface area contributed by atoms with Crippen molar-refractivity contribution in [3.05, 3.63) is 47.1 Å². The van der Waals surface area contributed by atoms with Gasteiger partial charge in [-0.15, -0.1) is 16.4 Å². The third kappa shape index (κ3) is 2.08. The maximum Gasteiger partial charge on any atom is 0.212 e. The smallest absolute Gasteiger partial charge is 0.212 e. The van der Waals surface area contributed by atoms with Crippen molar-refractivity contribution in [3.63, 3.8) is 0 Å². The first-order valence-corrected chi connectivity index (χ1v) is 6.58. The minimum Gasteiger partial charge on any atom is -0.325 e. The van der Waals surface area contributed by atoms with E-state index >= 15 is 0 Å². The molecule has 3 rings (SSSR count). The number of halogens is 2. The number of nitrogens with zero attached hydrogens (tertiary/aromatic N) is 4. The minimum absolute atomic E-state index is 0.139. The average molecular weight is 293 g/mol. The Balaban J connectivity index is 2.21. The Kier molecular flexibility index (Phi) is 3.25. The van der Waals surface area contributed by atoms with Crippen LogP contribution >= 0.6 is 11.3 Å². The van der Waals surface area contributed by atoms with E-state index in [4.69, 9.17) is 5.73 Å². The van der Waals surface area contributed by atoms with E-state index in [0.29, 0.717) is 22.1 Å². The van der Waals surface area contributed by atoms with E-state index in [1.165, 1.54) is 22.1 Å². The molecule has 0 fully saturated rings. The number of hydrogen-bond acceptors (Lipinski definition) is 5. The number of hydrogen-bond donors (Lipinski definition) is 1. The fourth-order valence-electron chi connectivity index (χ4n) is 1.84. The van der Waals surface area contributed by atoms with Crippen molar-refractivity contribution >= 4 is 11.3 Å². The molecule has 1 aromatic carbocycles. The van der Waals surface area contributed by atoms with E-state index in [1.54, 1.807) is 11.6 Å². The Morgan fingerprint density at radius 2 is 2.10 bits per heavy atom. The molecule has 2 N–H and O–H groups in total. The summed E-state index contributed by atoms with van der Waals surface area (Å²) in [4.78, 5) is 4.13. The zero-order valence-corrected chi connectivity index (χ0v) is 10.9. The summed E-state index contributed by atoms with van der Waals surface area (Å²) >= 11 is 1.36. The lowest BCUT2D eigenvalue weighted by molar-refractivity contribution is 0.509. The number of nitrogens with two attached hydrogens (primary N) is 1. The first-order chi connectivity index (χ1) is 9.70. The summed E-state index contributed by atoms with van der Waals surface area (Å²) < 4.78 is 27.9. The van der Waals surface area contributed by atoms with Crippen LogP contribution in [0.15, 0.2) is 29.8 Å². The van der Waals surface area contributed by atoms with Crippen LogP contribution in [0.1, 0.15) is 5.69 Å². The molecule has 0 aliphatic carbocycles. The summed E-state index contributed by atoms with van der Waals surface area (Å²) in [6.07, 6.45) is 1.62. The topological polar surface area (TPSA) is 69.6 Å². The van der Waals surface area contributed by atoms with Gasteiger partial charge in [-0.2, -0.15) is 4.68 Å². The summed E-state index contributed by atoms with van der Waals surface area (Å²) in [6, 6.07) is 3.61. The van der Waals surface area contributed by atoms with Gasteiger partial charge in [-0.05, 0) is 18.2 Å². The van der Waals surface area contributed by atoms with Gasteiger partial charge in [0.05, 0.1) is 0 Å². The molecule has 3 aromatic rings. The molecule has 0 saturated heterocycles. The monoisotopic (exact) mass is 293 g/mol. The Hall–Kier alpha value is -2.19. The Labute approximate surface area is 116 Å². The lowest BCUT2D eigenvalue weighted by atomic mass is 10.1. The zero-order valence-electron chi connectivity index (χ0n) is 10.1. The molecule has 0 bridgehead atoms. The predicted molar refractivity (Wildman–Crippen MR) is 70.3 cm³/mol. The summed E-state index contributed by atoms with van der Waals surface area (Å²) in [5.74, 6) is -1.84. The highest BCUT2D eigenvalue weighted by Crippen LogP contribution is 2.27. The summed E-state index contributed by atoms with van der Waals surface area (Å²) in [6.45, 7) is 0.139. The number of aromatic nitrogens is 4. The molecule has 0 saturated carbocycles. The van der Waals surface area contributed by atoms with Crippen LogP contribution in [0.3, 0.4) is 0 Å². The second-order valence-electron chi connectivity index (χ2n) is 3.94. The van der Waals surface area contributed by atoms with Crippen LogP contribution in [-0.4, -0.2) is 20.0 Å². The van der Waals surface area contributed by atoms with E-state index < -0.39 is 11.6 Å². The first kappa shape index (κ1) is 12.8. The van der Waals surface area contributed by atoms with E-state index in [9.17, 15) is 8.78 Å². The van der Waals surface area contributed by atoms with Crippen molar-refractivity contribution in [2.75, 3.05) is 0 Å². The summed E-state index contributed by atoms with van der Waals surface area (Å²) in [7, 11) is 0. The lowest BCUT2D eigenvalue weighted by Gasteiger charge is -2.05. The van der Waals surface area contributed by atoms with Gasteiger partial charge < -0.3 is 5.73 Å². The highest BCUT2D eigenvalue weighted by Gasteiger charge is 2.18. The second-order valence-corrected chi connectivity index (χ2v) is 4.82. The average Bonchev–Trinajstić information content (AvgIpc) is 3.09. The van der Waals surface area contributed by atoms with Gasteiger partial charge in [-0.1, -0.05) is 5.21 Å². The van der Waals surface area contributed by atoms with Gasteiger partial charge in [0.1, 0.15) is 11.4 Å². The predicted octanol–water partition coefficient (Wildman–Crippen LogP) is 2.13. The third-order valence-electron chi connectivity index (χ3n) is 2.73. The molecular formula is C12H9F2N5S. The Morgan fingerprint density at radius 3 is 2.75 bits per heavy atom. The Bertz CT molecular complexity index is 738. The van der Waals surface area contributed by atoms with Gasteiger partial charge in [0.2, 0.25) is 5.13 Å². The third-order valence-corrected chi connectivity index (χ3v) is 3.47. The van der Waals surface area contributed by atoms with Crippen molar-refractivity contribution in [1.29, 1.82) is 0 Å². The standard InChI is InChI=1S/C12H9F2N5S/c13-8-2-1-7(5-9(8)14)11-10(6-15)17-18-19(11)12-16-3-4-20-12/h1-5H,6,15H2. The van der Waals surface area contributed by atoms with Crippen LogP contribution in [0.25, 0.3) is 16.4 Å². The molecule has 0 aliphatic heterocycles. The molecule has 0 radical (unpaired) electrons. The molecular weight excluding hydrogens is 284 g/mol. The van der Waals surface area contributed by atoms with E-state index in [1.807, 2.05) is 0 Å². The van der Waals surface area contributed by atoms with Gasteiger partial charge in [0.25, 0.3) is 0 Å². The van der Waals surface area contributed by atoms with Gasteiger partial charge in [0, 0.05) is 23.7 Å². The molecule has 5 nitrogen and oxygen atoms in total. The second kappa shape index (κ2) is 5.06. The molecule has 0 atom stereocenters. The lowest BCUT2D eigenvalue weighted by Crippen LogP contribution is -2.03. The van der Waals surface area contributed by atoms with Crippen molar-refractivity contribution < 1.29 is 8.78 Å². The van der Waals surface area contributed by atoms with E-state index in [-0.39, 0.29) is 6.54 Å². The fourth-order valence-corrected chi connectivity index (χ4v) is 2.43. The van der Waals surface area contributed by atoms with Crippen LogP contribution in [0.4, 0.5) is 8.78 Å². The maximum absolute atomic E-state index is 13.4. The first-order valence-electron chi connectivity index (χ1n) is 5.70. The van der Waals surface area contributed by atoms with Gasteiger partial charge in [0.15, 0.2) is 11.6 Å². The molecule has 0 spiro atoms. The quantitative estimate of drug-likeness (QED) is 0.803. The van der Waals surface area contributed by atoms with Crippen molar-refractivity contribution in [2.24, 2.45) is 5.73 Å². The van der Waals surface area contributed by atoms with Crippen LogP contribution in [0.2, 0.25) is 0 Å². The van der Waals surface area contributed by atoms with Crippen molar-refractivity contribution in [3.8, 4) is 16.4 Å².